The maximum atomic E-state index is 11.9. The number of anilines is 1. The number of alkyl halides is 1. The molecule has 28 heavy (non-hydrogen) atoms. The second kappa shape index (κ2) is 13.0. The third kappa shape index (κ3) is 10.1. The largest absolute Gasteiger partial charge is 0.393 e. The summed E-state index contributed by atoms with van der Waals surface area (Å²) in [6.07, 6.45) is 0. The Morgan fingerprint density at radius 1 is 1.00 bits per heavy atom. The smallest absolute Gasteiger partial charge is 0.128 e. The molecule has 2 nitrogen and oxygen atoms in total. The molecule has 0 saturated carbocycles. The predicted molar refractivity (Wildman–Crippen MR) is 121 cm³/mol. The summed E-state index contributed by atoms with van der Waals surface area (Å²) < 4.78 is 11.9. The molecule has 0 aliphatic carbocycles. The van der Waals surface area contributed by atoms with Gasteiger partial charge in [-0.2, -0.15) is 0 Å². The third-order valence-corrected chi connectivity index (χ3v) is 3.79. The van der Waals surface area contributed by atoms with E-state index < -0.39 is 12.3 Å². The van der Waals surface area contributed by atoms with E-state index >= 15 is 0 Å². The molecule has 0 fully saturated rings. The first kappa shape index (κ1) is 25.7. The number of hydrogen-bond acceptors (Lipinski definition) is 2. The molecule has 0 atom stereocenters. The third-order valence-electron chi connectivity index (χ3n) is 3.79. The highest BCUT2D eigenvalue weighted by Gasteiger charge is 2.11. The van der Waals surface area contributed by atoms with Gasteiger partial charge < -0.3 is 10.4 Å². The van der Waals surface area contributed by atoms with E-state index in [2.05, 4.69) is 56.1 Å². The number of benzene rings is 2. The normalized spacial score (nSPS) is 9.96. The number of nitrogens with one attached hydrogen (secondary N) is 1. The Hall–Kier alpha value is -2.31. The maximum absolute atomic E-state index is 11.9. The minimum Gasteiger partial charge on any atom is -0.393 e. The molecule has 0 radical (unpaired) electrons. The van der Waals surface area contributed by atoms with Crippen LogP contribution in [0, 0.1) is 18.8 Å². The number of aliphatic hydroxyl groups is 1. The highest BCUT2D eigenvalue weighted by Crippen LogP contribution is 2.19. The van der Waals surface area contributed by atoms with Crippen LogP contribution in [0.25, 0.3) is 0 Å². The summed E-state index contributed by atoms with van der Waals surface area (Å²) in [7, 11) is 1.92. The van der Waals surface area contributed by atoms with Crippen molar-refractivity contribution in [2.24, 2.45) is 0 Å². The van der Waals surface area contributed by atoms with Crippen LogP contribution in [0.3, 0.4) is 0 Å². The summed E-state index contributed by atoms with van der Waals surface area (Å²) in [5.41, 5.74) is 4.53. The van der Waals surface area contributed by atoms with E-state index in [1.165, 1.54) is 25.0 Å². The van der Waals surface area contributed by atoms with Crippen LogP contribution in [-0.4, -0.2) is 24.4 Å². The molecule has 0 heterocycles. The molecule has 0 aliphatic rings. The van der Waals surface area contributed by atoms with Crippen molar-refractivity contribution in [2.75, 3.05) is 19.0 Å². The minimum atomic E-state index is -1.40. The Morgan fingerprint density at radius 3 is 1.86 bits per heavy atom. The second-order valence-corrected chi connectivity index (χ2v) is 7.18. The number of hydrogen-bond donors (Lipinski definition) is 2. The van der Waals surface area contributed by atoms with Gasteiger partial charge in [0.15, 0.2) is 0 Å². The molecule has 154 valence electrons. The van der Waals surface area contributed by atoms with Crippen LogP contribution < -0.4 is 5.32 Å². The van der Waals surface area contributed by atoms with Crippen molar-refractivity contribution in [3.8, 4) is 11.8 Å². The van der Waals surface area contributed by atoms with Gasteiger partial charge in [-0.1, -0.05) is 45.6 Å². The lowest BCUT2D eigenvalue weighted by Crippen LogP contribution is -2.16. The lowest BCUT2D eigenvalue weighted by molar-refractivity contribution is 0.106. The molecule has 2 aromatic rings. The molecule has 0 unspecified atom stereocenters. The van der Waals surface area contributed by atoms with Gasteiger partial charge in [0.25, 0.3) is 0 Å². The fraction of sp³-hybridized carbons (Fsp3) is 0.440. The Balaban J connectivity index is 0.000000780. The van der Waals surface area contributed by atoms with Gasteiger partial charge in [0.05, 0.1) is 6.61 Å². The van der Waals surface area contributed by atoms with Gasteiger partial charge >= 0.3 is 0 Å². The first-order valence-corrected chi connectivity index (χ1v) is 9.86. The van der Waals surface area contributed by atoms with Crippen molar-refractivity contribution in [2.45, 2.75) is 60.1 Å². The summed E-state index contributed by atoms with van der Waals surface area (Å²) >= 11 is 0. The van der Waals surface area contributed by atoms with Crippen molar-refractivity contribution in [3.05, 3.63) is 64.7 Å². The Labute approximate surface area is 171 Å². The topological polar surface area (TPSA) is 32.3 Å². The molecule has 2 N–H and O–H groups in total. The van der Waals surface area contributed by atoms with Crippen molar-refractivity contribution in [3.63, 3.8) is 0 Å². The first-order chi connectivity index (χ1) is 13.2. The standard InChI is InChI=1S/C19H21N.C4H9FO.C2H6/c1-14(2)19-12-9-17(13-15(19)3)6-5-16-7-10-18(20-4)11-8-16;1-4(2,5)3-6;1-2/h7-14,20H,1-4H3;6H,3H2,1-2H3;1-2H3. The van der Waals surface area contributed by atoms with Gasteiger partial charge in [-0.3, -0.25) is 0 Å². The fourth-order valence-corrected chi connectivity index (χ4v) is 2.27. The van der Waals surface area contributed by atoms with Gasteiger partial charge in [0.2, 0.25) is 0 Å². The van der Waals surface area contributed by atoms with Crippen LogP contribution in [0.2, 0.25) is 0 Å². The summed E-state index contributed by atoms with van der Waals surface area (Å²) in [4.78, 5) is 0. The van der Waals surface area contributed by atoms with E-state index in [0.29, 0.717) is 5.92 Å². The summed E-state index contributed by atoms with van der Waals surface area (Å²) in [6, 6.07) is 14.6. The molecule has 2 aromatic carbocycles. The predicted octanol–water partition coefficient (Wildman–Crippen LogP) is 6.31. The van der Waals surface area contributed by atoms with E-state index in [4.69, 9.17) is 5.11 Å². The molecule has 0 aliphatic heterocycles. The van der Waals surface area contributed by atoms with E-state index in [-0.39, 0.29) is 0 Å². The number of halogens is 1. The zero-order valence-electron chi connectivity index (χ0n) is 18.7. The van der Waals surface area contributed by atoms with Gasteiger partial charge in [0.1, 0.15) is 5.67 Å². The molecular formula is C25H36FNO. The van der Waals surface area contributed by atoms with E-state index in [1.54, 1.807) is 0 Å². The summed E-state index contributed by atoms with van der Waals surface area (Å²) in [5.74, 6) is 7.01. The molecule has 2 rings (SSSR count). The van der Waals surface area contributed by atoms with Gasteiger partial charge in [-0.15, -0.1) is 0 Å². The SMILES string of the molecule is CC.CC(C)(F)CO.CNc1ccc(C#Cc2ccc(C(C)C)c(C)c2)cc1. The molecular weight excluding hydrogens is 349 g/mol. The van der Waals surface area contributed by atoms with Crippen molar-refractivity contribution in [1.29, 1.82) is 0 Å². The van der Waals surface area contributed by atoms with E-state index in [1.807, 2.05) is 45.2 Å². The van der Waals surface area contributed by atoms with E-state index in [0.717, 1.165) is 16.8 Å². The van der Waals surface area contributed by atoms with E-state index in [9.17, 15) is 4.39 Å². The van der Waals surface area contributed by atoms with Crippen molar-refractivity contribution < 1.29 is 9.50 Å². The van der Waals surface area contributed by atoms with Crippen LogP contribution in [0.15, 0.2) is 42.5 Å². The number of aryl methyl sites for hydroxylation is 1. The van der Waals surface area contributed by atoms with Gasteiger partial charge in [0, 0.05) is 23.9 Å². The minimum absolute atomic E-state index is 0.396. The van der Waals surface area contributed by atoms with Crippen LogP contribution in [0.5, 0.6) is 0 Å². The Bertz CT molecular complexity index is 747. The highest BCUT2D eigenvalue weighted by atomic mass is 19.1. The number of aliphatic hydroxyl groups excluding tert-OH is 1. The molecule has 0 spiro atoms. The quantitative estimate of drug-likeness (QED) is 0.607. The summed E-state index contributed by atoms with van der Waals surface area (Å²) in [5, 5.41) is 11.1. The second-order valence-electron chi connectivity index (χ2n) is 7.18. The zero-order chi connectivity index (χ0) is 21.7. The first-order valence-electron chi connectivity index (χ1n) is 9.86. The van der Waals surface area contributed by atoms with Crippen LogP contribution >= 0.6 is 0 Å². The maximum Gasteiger partial charge on any atom is 0.128 e. The lowest BCUT2D eigenvalue weighted by Gasteiger charge is -2.09. The Morgan fingerprint density at radius 2 is 1.46 bits per heavy atom. The van der Waals surface area contributed by atoms with Crippen molar-refractivity contribution >= 4 is 5.69 Å². The molecule has 0 bridgehead atoms. The van der Waals surface area contributed by atoms with Crippen LogP contribution in [0.4, 0.5) is 10.1 Å². The van der Waals surface area contributed by atoms with Gasteiger partial charge in [-0.25, -0.2) is 4.39 Å². The molecule has 0 aromatic heterocycles. The zero-order valence-corrected chi connectivity index (χ0v) is 18.7. The summed E-state index contributed by atoms with van der Waals surface area (Å²) in [6.45, 7) is 12.9. The molecule has 0 saturated heterocycles. The fourth-order valence-electron chi connectivity index (χ4n) is 2.27. The average Bonchev–Trinajstić information content (AvgIpc) is 2.68. The molecule has 0 amide bonds. The Kier molecular flexibility index (Phi) is 11.9. The number of rotatable bonds is 3. The van der Waals surface area contributed by atoms with Crippen molar-refractivity contribution in [1.82, 2.24) is 0 Å². The molecule has 3 heteroatoms. The van der Waals surface area contributed by atoms with Crippen LogP contribution in [-0.2, 0) is 0 Å². The highest BCUT2D eigenvalue weighted by molar-refractivity contribution is 5.50. The monoisotopic (exact) mass is 385 g/mol. The van der Waals surface area contributed by atoms with Crippen LogP contribution in [0.1, 0.15) is 69.7 Å². The van der Waals surface area contributed by atoms with Gasteiger partial charge in [-0.05, 0) is 74.2 Å². The average molecular weight is 386 g/mol. The lowest BCUT2D eigenvalue weighted by atomic mass is 9.96.